The molecule has 2 aromatic carbocycles. The lowest BCUT2D eigenvalue weighted by atomic mass is 10.2. The number of anilines is 1. The highest BCUT2D eigenvalue weighted by Crippen LogP contribution is 2.38. The van der Waals surface area contributed by atoms with Crippen LogP contribution in [0.3, 0.4) is 0 Å². The highest BCUT2D eigenvalue weighted by Gasteiger charge is 2.36. The molecule has 0 saturated carbocycles. The van der Waals surface area contributed by atoms with E-state index in [1.807, 2.05) is 4.90 Å². The first kappa shape index (κ1) is 30.2. The zero-order chi connectivity index (χ0) is 27.8. The zero-order valence-electron chi connectivity index (χ0n) is 20.1. The molecule has 0 radical (unpaired) electrons. The third-order valence-electron chi connectivity index (χ3n) is 5.58. The van der Waals surface area contributed by atoms with E-state index in [0.717, 1.165) is 17.0 Å². The summed E-state index contributed by atoms with van der Waals surface area (Å²) in [6.07, 6.45) is -0.410. The Morgan fingerprint density at radius 2 is 1.58 bits per heavy atom. The van der Waals surface area contributed by atoms with E-state index in [1.54, 1.807) is 42.5 Å². The topological polar surface area (TPSA) is 124 Å². The lowest BCUT2D eigenvalue weighted by molar-refractivity contribution is -0.380. The summed E-state index contributed by atoms with van der Waals surface area (Å²) < 4.78 is 57.7. The first-order valence-electron chi connectivity index (χ1n) is 11.4. The summed E-state index contributed by atoms with van der Waals surface area (Å²) in [5.41, 5.74) is 1.21. The summed E-state index contributed by atoms with van der Waals surface area (Å²) >= 11 is 12.5. The molecule has 14 heteroatoms. The molecule has 0 spiro atoms. The van der Waals surface area contributed by atoms with Gasteiger partial charge in [0.05, 0.1) is 22.0 Å². The van der Waals surface area contributed by atoms with Gasteiger partial charge in [-0.25, -0.2) is 8.42 Å². The van der Waals surface area contributed by atoms with Gasteiger partial charge in [-0.1, -0.05) is 41.7 Å². The van der Waals surface area contributed by atoms with E-state index in [2.05, 4.69) is 0 Å². The second kappa shape index (κ2) is 13.6. The van der Waals surface area contributed by atoms with Crippen LogP contribution in [0, 0.1) is 10.1 Å². The Morgan fingerprint density at radius 3 is 2.16 bits per heavy atom. The number of hydrogen-bond acceptors (Lipinski definition) is 9. The van der Waals surface area contributed by atoms with Gasteiger partial charge in [0, 0.05) is 30.5 Å². The minimum absolute atomic E-state index is 0.0135. The monoisotopic (exact) mass is 620 g/mol. The molecule has 0 fully saturated rings. The summed E-state index contributed by atoms with van der Waals surface area (Å²) in [6.45, 7) is 1.07. The van der Waals surface area contributed by atoms with Crippen molar-refractivity contribution in [1.82, 2.24) is 0 Å². The maximum absolute atomic E-state index is 13.4. The SMILES string of the molecule is O=[N+]([O-])c1sccc1C(CCS(=O)(=O)Cc1ccccc1)S(=O)(=O)Oc1ccc(N(CCCl)CCCl)cc1. The molecule has 1 aromatic heterocycles. The number of halogens is 2. The van der Waals surface area contributed by atoms with Gasteiger partial charge in [0.15, 0.2) is 9.84 Å². The van der Waals surface area contributed by atoms with Crippen LogP contribution in [-0.2, 0) is 25.7 Å². The van der Waals surface area contributed by atoms with Gasteiger partial charge < -0.3 is 9.08 Å². The number of alkyl halides is 2. The van der Waals surface area contributed by atoms with E-state index >= 15 is 0 Å². The molecule has 206 valence electrons. The quantitative estimate of drug-likeness (QED) is 0.0957. The summed E-state index contributed by atoms with van der Waals surface area (Å²) in [5.74, 6) is -0.0568. The Labute approximate surface area is 236 Å². The predicted molar refractivity (Wildman–Crippen MR) is 152 cm³/mol. The fourth-order valence-corrected chi connectivity index (χ4v) is 8.08. The molecule has 0 aliphatic heterocycles. The molecule has 3 rings (SSSR count). The maximum Gasteiger partial charge on any atom is 0.328 e. The minimum Gasteiger partial charge on any atom is -0.382 e. The van der Waals surface area contributed by atoms with Gasteiger partial charge in [0.1, 0.15) is 11.0 Å². The third kappa shape index (κ3) is 8.31. The number of thiophene rings is 1. The lowest BCUT2D eigenvalue weighted by Crippen LogP contribution is -2.27. The Kier molecular flexibility index (Phi) is 10.8. The second-order valence-corrected chi connectivity index (χ2v) is 13.8. The van der Waals surface area contributed by atoms with Gasteiger partial charge in [-0.15, -0.1) is 23.2 Å². The maximum atomic E-state index is 13.4. The number of nitrogens with zero attached hydrogens (tertiary/aromatic N) is 2. The van der Waals surface area contributed by atoms with E-state index in [4.69, 9.17) is 27.4 Å². The summed E-state index contributed by atoms with van der Waals surface area (Å²) in [6, 6.07) is 16.0. The summed E-state index contributed by atoms with van der Waals surface area (Å²) in [4.78, 5) is 12.8. The van der Waals surface area contributed by atoms with Crippen LogP contribution in [-0.4, -0.2) is 52.4 Å². The lowest BCUT2D eigenvalue weighted by Gasteiger charge is -2.23. The van der Waals surface area contributed by atoms with Crippen molar-refractivity contribution in [3.63, 3.8) is 0 Å². The molecule has 0 aliphatic rings. The molecule has 0 N–H and O–H groups in total. The van der Waals surface area contributed by atoms with Crippen LogP contribution >= 0.6 is 34.5 Å². The Bertz CT molecular complexity index is 1410. The van der Waals surface area contributed by atoms with Crippen LogP contribution in [0.15, 0.2) is 66.0 Å². The molecule has 0 bridgehead atoms. The molecule has 0 saturated heterocycles. The molecule has 38 heavy (non-hydrogen) atoms. The number of rotatable bonds is 15. The molecule has 1 atom stereocenters. The van der Waals surface area contributed by atoms with Crippen LogP contribution in [0.4, 0.5) is 10.7 Å². The Morgan fingerprint density at radius 1 is 0.947 bits per heavy atom. The average Bonchev–Trinajstić information content (AvgIpc) is 3.34. The van der Waals surface area contributed by atoms with Crippen molar-refractivity contribution in [3.05, 3.63) is 87.3 Å². The van der Waals surface area contributed by atoms with Crippen molar-refractivity contribution in [1.29, 1.82) is 0 Å². The number of sulfone groups is 1. The van der Waals surface area contributed by atoms with Gasteiger partial charge in [0.2, 0.25) is 0 Å². The predicted octanol–water partition coefficient (Wildman–Crippen LogP) is 5.40. The molecule has 9 nitrogen and oxygen atoms in total. The normalized spacial score (nSPS) is 12.7. The second-order valence-electron chi connectivity index (χ2n) is 8.23. The molecule has 3 aromatic rings. The third-order valence-corrected chi connectivity index (χ3v) is 10.0. The Balaban J connectivity index is 1.86. The van der Waals surface area contributed by atoms with Crippen molar-refractivity contribution in [3.8, 4) is 5.75 Å². The van der Waals surface area contributed by atoms with Crippen LogP contribution < -0.4 is 9.08 Å². The first-order valence-corrected chi connectivity index (χ1v) is 16.7. The van der Waals surface area contributed by atoms with E-state index in [1.165, 1.54) is 23.6 Å². The standard InChI is InChI=1S/C24H26Cl2N2O7S3/c25-12-14-27(15-13-26)20-6-8-21(9-7-20)35-38(33,34)23(22-10-16-36-24(22)28(29)30)11-17-37(31,32)18-19-4-2-1-3-5-19/h1-10,16,23H,11-15,17-18H2. The van der Waals surface area contributed by atoms with Crippen molar-refractivity contribution in [2.75, 3.05) is 35.5 Å². The Hall–Kier alpha value is -2.38. The smallest absolute Gasteiger partial charge is 0.328 e. The van der Waals surface area contributed by atoms with Crippen molar-refractivity contribution in [2.45, 2.75) is 17.4 Å². The van der Waals surface area contributed by atoms with E-state index in [-0.39, 0.29) is 22.1 Å². The fourth-order valence-electron chi connectivity index (χ4n) is 3.83. The van der Waals surface area contributed by atoms with Crippen LogP contribution in [0.2, 0.25) is 0 Å². The minimum atomic E-state index is -4.52. The van der Waals surface area contributed by atoms with E-state index in [0.29, 0.717) is 30.4 Å². The first-order chi connectivity index (χ1) is 18.1. The van der Waals surface area contributed by atoms with Gasteiger partial charge >= 0.3 is 15.1 Å². The largest absolute Gasteiger partial charge is 0.382 e. The number of benzene rings is 2. The highest BCUT2D eigenvalue weighted by atomic mass is 35.5. The van der Waals surface area contributed by atoms with Crippen molar-refractivity contribution in [2.24, 2.45) is 0 Å². The van der Waals surface area contributed by atoms with Crippen LogP contribution in [0.25, 0.3) is 0 Å². The van der Waals surface area contributed by atoms with Gasteiger partial charge in [-0.3, -0.25) is 10.1 Å². The average molecular weight is 622 g/mol. The molecule has 1 heterocycles. The molecular weight excluding hydrogens is 595 g/mol. The van der Waals surface area contributed by atoms with Gasteiger partial charge in [-0.2, -0.15) is 8.42 Å². The van der Waals surface area contributed by atoms with E-state index in [9.17, 15) is 26.9 Å². The zero-order valence-corrected chi connectivity index (χ0v) is 24.1. The molecule has 0 aliphatic carbocycles. The number of nitro groups is 1. The summed E-state index contributed by atoms with van der Waals surface area (Å²) in [5, 5.41) is 11.0. The highest BCUT2D eigenvalue weighted by molar-refractivity contribution is 7.90. The van der Waals surface area contributed by atoms with Gasteiger partial charge in [0.25, 0.3) is 0 Å². The fraction of sp³-hybridized carbons (Fsp3) is 0.333. The molecule has 0 amide bonds. The van der Waals surface area contributed by atoms with Crippen LogP contribution in [0.5, 0.6) is 5.75 Å². The number of hydrogen-bond donors (Lipinski definition) is 0. The molecule has 1 unspecified atom stereocenters. The van der Waals surface area contributed by atoms with Crippen molar-refractivity contribution >= 4 is 65.2 Å². The van der Waals surface area contributed by atoms with Crippen LogP contribution in [0.1, 0.15) is 22.8 Å². The van der Waals surface area contributed by atoms with Crippen molar-refractivity contribution < 1.29 is 25.9 Å². The van der Waals surface area contributed by atoms with Gasteiger partial charge in [-0.05, 0) is 47.7 Å². The summed E-state index contributed by atoms with van der Waals surface area (Å²) in [7, 11) is -8.25. The molecular formula is C24H26Cl2N2O7S3. The van der Waals surface area contributed by atoms with E-state index < -0.39 is 42.3 Å².